The summed E-state index contributed by atoms with van der Waals surface area (Å²) in [5.41, 5.74) is 1.27. The smallest absolute Gasteiger partial charge is 0.272 e. The normalized spacial score (nSPS) is 24.9. The van der Waals surface area contributed by atoms with Crippen molar-refractivity contribution in [2.45, 2.75) is 56.7 Å². The van der Waals surface area contributed by atoms with E-state index < -0.39 is 18.2 Å². The SMILES string of the molecule is OC1Nc2ccccc2NC1C(F)(F)CCCCC1CC1. The molecule has 0 saturated heterocycles. The van der Waals surface area contributed by atoms with Gasteiger partial charge in [0.2, 0.25) is 0 Å². The number of nitrogens with one attached hydrogen (secondary N) is 2. The third-order valence-corrected chi connectivity index (χ3v) is 4.38. The van der Waals surface area contributed by atoms with Crippen LogP contribution in [0.15, 0.2) is 24.3 Å². The number of anilines is 2. The van der Waals surface area contributed by atoms with Gasteiger partial charge in [-0.15, -0.1) is 0 Å². The minimum Gasteiger partial charge on any atom is -0.371 e. The Labute approximate surface area is 123 Å². The number of aliphatic hydroxyl groups is 1. The summed E-state index contributed by atoms with van der Waals surface area (Å²) in [5, 5.41) is 15.5. The van der Waals surface area contributed by atoms with E-state index >= 15 is 0 Å². The highest BCUT2D eigenvalue weighted by molar-refractivity contribution is 5.71. The van der Waals surface area contributed by atoms with Gasteiger partial charge in [0.1, 0.15) is 6.04 Å². The van der Waals surface area contributed by atoms with Gasteiger partial charge < -0.3 is 15.7 Å². The molecule has 0 radical (unpaired) electrons. The third-order valence-electron chi connectivity index (χ3n) is 4.38. The largest absolute Gasteiger partial charge is 0.371 e. The van der Waals surface area contributed by atoms with E-state index in [0.717, 1.165) is 18.8 Å². The molecule has 0 spiro atoms. The molecule has 2 aliphatic rings. The minimum absolute atomic E-state index is 0.182. The number of unbranched alkanes of at least 4 members (excludes halogenated alkanes) is 1. The Morgan fingerprint density at radius 3 is 2.43 bits per heavy atom. The number of hydrogen-bond donors (Lipinski definition) is 3. The predicted molar refractivity (Wildman–Crippen MR) is 79.6 cm³/mol. The zero-order chi connectivity index (χ0) is 14.9. The lowest BCUT2D eigenvalue weighted by Crippen LogP contribution is -2.53. The lowest BCUT2D eigenvalue weighted by atomic mass is 9.98. The van der Waals surface area contributed by atoms with Crippen LogP contribution in [-0.2, 0) is 0 Å². The average molecular weight is 296 g/mol. The molecule has 0 amide bonds. The number of aliphatic hydroxyl groups excluding tert-OH is 1. The van der Waals surface area contributed by atoms with Crippen LogP contribution in [-0.4, -0.2) is 23.3 Å². The van der Waals surface area contributed by atoms with Crippen LogP contribution in [0.5, 0.6) is 0 Å². The van der Waals surface area contributed by atoms with Crippen molar-refractivity contribution in [2.75, 3.05) is 10.6 Å². The zero-order valence-electron chi connectivity index (χ0n) is 12.0. The van der Waals surface area contributed by atoms with Crippen molar-refractivity contribution < 1.29 is 13.9 Å². The lowest BCUT2D eigenvalue weighted by Gasteiger charge is -2.37. The van der Waals surface area contributed by atoms with E-state index in [1.807, 2.05) is 0 Å². The Hall–Kier alpha value is -1.36. The van der Waals surface area contributed by atoms with Crippen LogP contribution in [0.1, 0.15) is 38.5 Å². The fourth-order valence-electron chi connectivity index (χ4n) is 2.92. The topological polar surface area (TPSA) is 44.3 Å². The number of hydrogen-bond acceptors (Lipinski definition) is 3. The monoisotopic (exact) mass is 296 g/mol. The van der Waals surface area contributed by atoms with Crippen LogP contribution in [0.2, 0.25) is 0 Å². The van der Waals surface area contributed by atoms with Crippen molar-refractivity contribution >= 4 is 11.4 Å². The number of rotatable bonds is 6. The van der Waals surface area contributed by atoms with E-state index in [1.165, 1.54) is 12.8 Å². The van der Waals surface area contributed by atoms with Crippen molar-refractivity contribution in [3.63, 3.8) is 0 Å². The van der Waals surface area contributed by atoms with Gasteiger partial charge in [-0.05, 0) is 24.5 Å². The predicted octanol–water partition coefficient (Wildman–Crippen LogP) is 3.82. The van der Waals surface area contributed by atoms with Gasteiger partial charge in [-0.2, -0.15) is 0 Å². The summed E-state index contributed by atoms with van der Waals surface area (Å²) in [7, 11) is 0. The van der Waals surface area contributed by atoms with Gasteiger partial charge in [-0.1, -0.05) is 37.8 Å². The first-order valence-corrected chi connectivity index (χ1v) is 7.74. The van der Waals surface area contributed by atoms with Gasteiger partial charge in [0, 0.05) is 6.42 Å². The highest BCUT2D eigenvalue weighted by atomic mass is 19.3. The molecule has 1 fully saturated rings. The zero-order valence-corrected chi connectivity index (χ0v) is 12.0. The summed E-state index contributed by atoms with van der Waals surface area (Å²) in [6.07, 6.45) is 3.50. The molecule has 1 heterocycles. The Kier molecular flexibility index (Phi) is 4.02. The molecule has 3 N–H and O–H groups in total. The van der Waals surface area contributed by atoms with Gasteiger partial charge in [0.25, 0.3) is 5.92 Å². The summed E-state index contributed by atoms with van der Waals surface area (Å²) in [6, 6.07) is 5.81. The standard InChI is InChI=1S/C16H22F2N2O/c17-16(18,10-4-3-5-11-8-9-11)14-15(21)20-13-7-2-1-6-12(13)19-14/h1-2,6-7,11,14-15,19-21H,3-5,8-10H2. The first-order chi connectivity index (χ1) is 10.1. The first-order valence-electron chi connectivity index (χ1n) is 7.74. The molecule has 1 aliphatic heterocycles. The van der Waals surface area contributed by atoms with E-state index in [0.29, 0.717) is 17.8 Å². The number of halogens is 2. The fraction of sp³-hybridized carbons (Fsp3) is 0.625. The highest BCUT2D eigenvalue weighted by Crippen LogP contribution is 2.38. The van der Waals surface area contributed by atoms with Gasteiger partial charge in [0.15, 0.2) is 6.23 Å². The average Bonchev–Trinajstić information content (AvgIpc) is 3.27. The van der Waals surface area contributed by atoms with Gasteiger partial charge >= 0.3 is 0 Å². The first kappa shape index (κ1) is 14.6. The van der Waals surface area contributed by atoms with Crippen molar-refractivity contribution in [1.82, 2.24) is 0 Å². The number of fused-ring (bicyclic) bond motifs is 1. The summed E-state index contributed by atoms with van der Waals surface area (Å²) in [4.78, 5) is 0. The Morgan fingerprint density at radius 1 is 1.10 bits per heavy atom. The second-order valence-electron chi connectivity index (χ2n) is 6.21. The Bertz CT molecular complexity index is 491. The molecular formula is C16H22F2N2O. The minimum atomic E-state index is -2.93. The van der Waals surface area contributed by atoms with Crippen molar-refractivity contribution in [1.29, 1.82) is 0 Å². The van der Waals surface area contributed by atoms with Gasteiger partial charge in [-0.3, -0.25) is 0 Å². The van der Waals surface area contributed by atoms with E-state index in [2.05, 4.69) is 10.6 Å². The van der Waals surface area contributed by atoms with Crippen LogP contribution >= 0.6 is 0 Å². The summed E-state index contributed by atoms with van der Waals surface area (Å²) < 4.78 is 28.7. The van der Waals surface area contributed by atoms with Crippen LogP contribution in [0, 0.1) is 5.92 Å². The van der Waals surface area contributed by atoms with Gasteiger partial charge in [-0.25, -0.2) is 8.78 Å². The molecule has 3 rings (SSSR count). The van der Waals surface area contributed by atoms with Crippen LogP contribution in [0.25, 0.3) is 0 Å². The molecule has 2 unspecified atom stereocenters. The van der Waals surface area contributed by atoms with Crippen molar-refractivity contribution in [3.8, 4) is 0 Å². The fourth-order valence-corrected chi connectivity index (χ4v) is 2.92. The van der Waals surface area contributed by atoms with E-state index in [-0.39, 0.29) is 6.42 Å². The van der Waals surface area contributed by atoms with E-state index in [9.17, 15) is 13.9 Å². The molecule has 21 heavy (non-hydrogen) atoms. The second-order valence-corrected chi connectivity index (χ2v) is 6.21. The molecule has 1 aromatic rings. The van der Waals surface area contributed by atoms with E-state index in [4.69, 9.17) is 0 Å². The molecule has 3 nitrogen and oxygen atoms in total. The van der Waals surface area contributed by atoms with Crippen molar-refractivity contribution in [3.05, 3.63) is 24.3 Å². The maximum atomic E-state index is 14.3. The quantitative estimate of drug-likeness (QED) is 0.699. The highest BCUT2D eigenvalue weighted by Gasteiger charge is 2.45. The molecule has 1 saturated carbocycles. The second kappa shape index (κ2) is 5.79. The number of benzene rings is 1. The summed E-state index contributed by atoms with van der Waals surface area (Å²) in [6.45, 7) is 0. The third kappa shape index (κ3) is 3.46. The molecule has 0 aromatic heterocycles. The van der Waals surface area contributed by atoms with Gasteiger partial charge in [0.05, 0.1) is 11.4 Å². The Balaban J connectivity index is 1.58. The van der Waals surface area contributed by atoms with Crippen LogP contribution in [0.3, 0.4) is 0 Å². The molecule has 0 bridgehead atoms. The van der Waals surface area contributed by atoms with Crippen molar-refractivity contribution in [2.24, 2.45) is 5.92 Å². The molecule has 2 atom stereocenters. The number of alkyl halides is 2. The maximum absolute atomic E-state index is 14.3. The summed E-state index contributed by atoms with van der Waals surface area (Å²) >= 11 is 0. The molecule has 116 valence electrons. The van der Waals surface area contributed by atoms with E-state index in [1.54, 1.807) is 24.3 Å². The Morgan fingerprint density at radius 2 is 1.76 bits per heavy atom. The molecule has 1 aliphatic carbocycles. The molecular weight excluding hydrogens is 274 g/mol. The number of para-hydroxylation sites is 2. The summed E-state index contributed by atoms with van der Waals surface area (Å²) in [5.74, 6) is -2.14. The van der Waals surface area contributed by atoms with Crippen LogP contribution in [0.4, 0.5) is 20.2 Å². The molecule has 1 aromatic carbocycles. The maximum Gasteiger partial charge on any atom is 0.272 e. The molecule has 5 heteroatoms. The lowest BCUT2D eigenvalue weighted by molar-refractivity contribution is -0.0600. The van der Waals surface area contributed by atoms with Crippen LogP contribution < -0.4 is 10.6 Å².